The quantitative estimate of drug-likeness (QED) is 0.812. The molecule has 0 saturated heterocycles. The monoisotopic (exact) mass is 347 g/mol. The van der Waals surface area contributed by atoms with Gasteiger partial charge in [-0.05, 0) is 23.3 Å². The van der Waals surface area contributed by atoms with Crippen LogP contribution in [0.4, 0.5) is 0 Å². The van der Waals surface area contributed by atoms with Gasteiger partial charge in [0, 0.05) is 5.33 Å². The van der Waals surface area contributed by atoms with Gasteiger partial charge >= 0.3 is 0 Å². The van der Waals surface area contributed by atoms with E-state index in [1.807, 2.05) is 54.6 Å². The zero-order chi connectivity index (χ0) is 15.1. The lowest BCUT2D eigenvalue weighted by molar-refractivity contribution is -0.121. The molecule has 1 unspecified atom stereocenters. The number of halogens is 1. The summed E-state index contributed by atoms with van der Waals surface area (Å²) in [5.41, 5.74) is 2.06. The van der Waals surface area contributed by atoms with Crippen molar-refractivity contribution in [2.75, 3.05) is 12.4 Å². The van der Waals surface area contributed by atoms with Crippen LogP contribution in [0.1, 0.15) is 17.2 Å². The third-order valence-corrected chi connectivity index (χ3v) is 3.86. The first kappa shape index (κ1) is 15.6. The first-order valence-electron chi connectivity index (χ1n) is 6.76. The van der Waals surface area contributed by atoms with Gasteiger partial charge in [0.1, 0.15) is 5.75 Å². The van der Waals surface area contributed by atoms with Crippen LogP contribution in [-0.4, -0.2) is 18.3 Å². The van der Waals surface area contributed by atoms with Gasteiger partial charge in [-0.3, -0.25) is 4.79 Å². The second kappa shape index (κ2) is 7.84. The fourth-order valence-electron chi connectivity index (χ4n) is 2.07. The molecule has 110 valence electrons. The van der Waals surface area contributed by atoms with E-state index in [-0.39, 0.29) is 11.9 Å². The Morgan fingerprint density at radius 3 is 2.38 bits per heavy atom. The van der Waals surface area contributed by atoms with Crippen molar-refractivity contribution in [2.45, 2.75) is 12.5 Å². The molecule has 2 rings (SSSR count). The number of benzene rings is 2. The van der Waals surface area contributed by atoms with Crippen LogP contribution < -0.4 is 10.1 Å². The fraction of sp³-hybridized carbons (Fsp3) is 0.235. The van der Waals surface area contributed by atoms with Crippen molar-refractivity contribution in [1.29, 1.82) is 0 Å². The molecule has 0 aliphatic carbocycles. The van der Waals surface area contributed by atoms with Crippen molar-refractivity contribution < 1.29 is 9.53 Å². The molecule has 2 aromatic carbocycles. The molecule has 4 heteroatoms. The first-order valence-corrected chi connectivity index (χ1v) is 7.88. The van der Waals surface area contributed by atoms with Crippen LogP contribution >= 0.6 is 15.9 Å². The first-order chi connectivity index (χ1) is 10.2. The number of carbonyl (C=O) groups is 1. The third-order valence-electron chi connectivity index (χ3n) is 3.22. The summed E-state index contributed by atoms with van der Waals surface area (Å²) in [5.74, 6) is 0.801. The maximum absolute atomic E-state index is 12.1. The Kier molecular flexibility index (Phi) is 5.81. The molecule has 0 spiro atoms. The van der Waals surface area contributed by atoms with Crippen LogP contribution in [0.3, 0.4) is 0 Å². The normalized spacial score (nSPS) is 11.7. The van der Waals surface area contributed by atoms with Gasteiger partial charge in [0.05, 0.1) is 19.6 Å². The average Bonchev–Trinajstić information content (AvgIpc) is 2.54. The lowest BCUT2D eigenvalue weighted by atomic mass is 10.1. The third kappa shape index (κ3) is 4.60. The molecule has 1 amide bonds. The molecule has 2 aromatic rings. The van der Waals surface area contributed by atoms with Gasteiger partial charge in [0.2, 0.25) is 5.91 Å². The molecule has 0 radical (unpaired) electrons. The minimum Gasteiger partial charge on any atom is -0.497 e. The van der Waals surface area contributed by atoms with Crippen LogP contribution in [0.5, 0.6) is 5.75 Å². The number of ether oxygens (including phenoxy) is 1. The molecule has 0 aliphatic rings. The van der Waals surface area contributed by atoms with Crippen LogP contribution in [0.25, 0.3) is 0 Å². The van der Waals surface area contributed by atoms with E-state index in [4.69, 9.17) is 4.74 Å². The van der Waals surface area contributed by atoms with Crippen LogP contribution in [0.15, 0.2) is 54.6 Å². The van der Waals surface area contributed by atoms with Crippen molar-refractivity contribution >= 4 is 21.8 Å². The Morgan fingerprint density at radius 1 is 1.14 bits per heavy atom. The molecule has 0 aliphatic heterocycles. The topological polar surface area (TPSA) is 38.3 Å². The molecule has 0 bridgehead atoms. The Morgan fingerprint density at radius 2 is 1.81 bits per heavy atom. The summed E-state index contributed by atoms with van der Waals surface area (Å²) in [6, 6.07) is 17.5. The Labute approximate surface area is 133 Å². The standard InChI is InChI=1S/C17H18BrNO2/c1-21-15-9-7-13(8-10-15)11-17(20)19-16(12-18)14-5-3-2-4-6-14/h2-10,16H,11-12H2,1H3,(H,19,20). The molecule has 21 heavy (non-hydrogen) atoms. The smallest absolute Gasteiger partial charge is 0.224 e. The summed E-state index contributed by atoms with van der Waals surface area (Å²) < 4.78 is 5.11. The zero-order valence-electron chi connectivity index (χ0n) is 11.9. The van der Waals surface area contributed by atoms with Crippen molar-refractivity contribution in [3.05, 3.63) is 65.7 Å². The summed E-state index contributed by atoms with van der Waals surface area (Å²) in [5, 5.41) is 3.73. The Bertz CT molecular complexity index is 569. The SMILES string of the molecule is COc1ccc(CC(=O)NC(CBr)c2ccccc2)cc1. The van der Waals surface area contributed by atoms with Gasteiger partial charge in [-0.1, -0.05) is 58.4 Å². The minimum atomic E-state index is -0.0167. The van der Waals surface area contributed by atoms with Crippen molar-refractivity contribution in [3.63, 3.8) is 0 Å². The van der Waals surface area contributed by atoms with Crippen LogP contribution in [0, 0.1) is 0 Å². The average molecular weight is 348 g/mol. The molecule has 0 saturated carbocycles. The van der Waals surface area contributed by atoms with E-state index >= 15 is 0 Å². The molecular formula is C17H18BrNO2. The molecule has 0 fully saturated rings. The lowest BCUT2D eigenvalue weighted by Crippen LogP contribution is -2.30. The number of carbonyl (C=O) groups excluding carboxylic acids is 1. The Balaban J connectivity index is 1.96. The maximum Gasteiger partial charge on any atom is 0.224 e. The number of amides is 1. The summed E-state index contributed by atoms with van der Waals surface area (Å²) >= 11 is 3.45. The van der Waals surface area contributed by atoms with E-state index in [2.05, 4.69) is 21.2 Å². The lowest BCUT2D eigenvalue weighted by Gasteiger charge is -2.16. The van der Waals surface area contributed by atoms with E-state index < -0.39 is 0 Å². The van der Waals surface area contributed by atoms with Gasteiger partial charge in [-0.2, -0.15) is 0 Å². The molecule has 0 aromatic heterocycles. The van der Waals surface area contributed by atoms with Gasteiger partial charge in [-0.25, -0.2) is 0 Å². The number of hydrogen-bond acceptors (Lipinski definition) is 2. The highest BCUT2D eigenvalue weighted by Gasteiger charge is 2.13. The van der Waals surface area contributed by atoms with Crippen LogP contribution in [0.2, 0.25) is 0 Å². The maximum atomic E-state index is 12.1. The number of hydrogen-bond donors (Lipinski definition) is 1. The predicted molar refractivity (Wildman–Crippen MR) is 87.8 cm³/mol. The minimum absolute atomic E-state index is 0.00784. The Hall–Kier alpha value is -1.81. The van der Waals surface area contributed by atoms with E-state index in [9.17, 15) is 4.79 Å². The molecular weight excluding hydrogens is 330 g/mol. The van der Waals surface area contributed by atoms with E-state index in [1.165, 1.54) is 0 Å². The summed E-state index contributed by atoms with van der Waals surface area (Å²) in [7, 11) is 1.63. The summed E-state index contributed by atoms with van der Waals surface area (Å²) in [6.07, 6.45) is 0.361. The van der Waals surface area contributed by atoms with Gasteiger partial charge in [0.25, 0.3) is 0 Å². The highest BCUT2D eigenvalue weighted by molar-refractivity contribution is 9.09. The number of nitrogens with one attached hydrogen (secondary N) is 1. The number of rotatable bonds is 6. The fourth-order valence-corrected chi connectivity index (χ4v) is 2.61. The highest BCUT2D eigenvalue weighted by Crippen LogP contribution is 2.16. The second-order valence-corrected chi connectivity index (χ2v) is 5.36. The van der Waals surface area contributed by atoms with E-state index in [1.54, 1.807) is 7.11 Å². The number of methoxy groups -OCH3 is 1. The molecule has 0 heterocycles. The second-order valence-electron chi connectivity index (χ2n) is 4.71. The largest absolute Gasteiger partial charge is 0.497 e. The predicted octanol–water partition coefficient (Wildman–Crippen LogP) is 3.49. The van der Waals surface area contributed by atoms with Gasteiger partial charge < -0.3 is 10.1 Å². The molecule has 3 nitrogen and oxygen atoms in total. The van der Waals surface area contributed by atoms with Crippen molar-refractivity contribution in [2.24, 2.45) is 0 Å². The number of alkyl halides is 1. The zero-order valence-corrected chi connectivity index (χ0v) is 13.5. The van der Waals surface area contributed by atoms with E-state index in [0.717, 1.165) is 16.9 Å². The summed E-state index contributed by atoms with van der Waals surface area (Å²) in [4.78, 5) is 12.1. The van der Waals surface area contributed by atoms with Crippen molar-refractivity contribution in [1.82, 2.24) is 5.32 Å². The molecule has 1 N–H and O–H groups in total. The highest BCUT2D eigenvalue weighted by atomic mass is 79.9. The summed E-state index contributed by atoms with van der Waals surface area (Å²) in [6.45, 7) is 0. The van der Waals surface area contributed by atoms with E-state index in [0.29, 0.717) is 11.8 Å². The van der Waals surface area contributed by atoms with Crippen molar-refractivity contribution in [3.8, 4) is 5.75 Å². The van der Waals surface area contributed by atoms with Gasteiger partial charge in [-0.15, -0.1) is 0 Å². The van der Waals surface area contributed by atoms with Crippen LogP contribution in [-0.2, 0) is 11.2 Å². The molecule has 1 atom stereocenters. The van der Waals surface area contributed by atoms with Gasteiger partial charge in [0.15, 0.2) is 0 Å².